The molecule has 0 aliphatic carbocycles. The Hall–Kier alpha value is -0.960. The van der Waals surface area contributed by atoms with Crippen LogP contribution in [0.4, 0.5) is 0 Å². The number of nitrogens with one attached hydrogen (secondary N) is 1. The zero-order valence-corrected chi connectivity index (χ0v) is 30.9. The number of rotatable bonds is 35. The van der Waals surface area contributed by atoms with Crippen molar-refractivity contribution in [2.75, 3.05) is 5.75 Å². The van der Waals surface area contributed by atoms with E-state index in [1.54, 1.807) is 6.08 Å². The topological polar surface area (TPSA) is 124 Å². The second-order valence-corrected chi connectivity index (χ2v) is 15.2. The molecule has 0 heterocycles. The van der Waals surface area contributed by atoms with Crippen molar-refractivity contribution in [1.29, 1.82) is 0 Å². The van der Waals surface area contributed by atoms with E-state index in [0.717, 1.165) is 38.5 Å². The summed E-state index contributed by atoms with van der Waals surface area (Å²) in [4.78, 5) is 12.5. The minimum Gasteiger partial charge on any atom is -0.387 e. The average molecular weight is 674 g/mol. The van der Waals surface area contributed by atoms with E-state index >= 15 is 0 Å². The molecule has 4 N–H and O–H groups in total. The molecule has 0 aliphatic heterocycles. The number of allylic oxidation sites excluding steroid dienone is 1. The molecule has 0 fully saturated rings. The van der Waals surface area contributed by atoms with Crippen molar-refractivity contribution in [1.82, 2.24) is 5.32 Å². The molecule has 0 aromatic heterocycles. The van der Waals surface area contributed by atoms with Gasteiger partial charge in [-0.3, -0.25) is 9.35 Å². The van der Waals surface area contributed by atoms with E-state index < -0.39 is 40.0 Å². The summed E-state index contributed by atoms with van der Waals surface area (Å²) in [6.45, 7) is 4.46. The van der Waals surface area contributed by atoms with Crippen LogP contribution in [-0.4, -0.2) is 53.1 Å². The van der Waals surface area contributed by atoms with Crippen LogP contribution < -0.4 is 5.32 Å². The van der Waals surface area contributed by atoms with Gasteiger partial charge in [-0.25, -0.2) is 0 Å². The van der Waals surface area contributed by atoms with Gasteiger partial charge in [0.25, 0.3) is 10.1 Å². The number of aliphatic hydroxyl groups is 2. The molecule has 0 bridgehead atoms. The zero-order valence-electron chi connectivity index (χ0n) is 30.1. The number of hydrogen-bond donors (Lipinski definition) is 4. The van der Waals surface area contributed by atoms with Gasteiger partial charge in [0, 0.05) is 0 Å². The fourth-order valence-electron chi connectivity index (χ4n) is 6.04. The highest BCUT2D eigenvalue weighted by molar-refractivity contribution is 7.85. The van der Waals surface area contributed by atoms with Crippen molar-refractivity contribution >= 4 is 16.0 Å². The highest BCUT2D eigenvalue weighted by atomic mass is 32.2. The highest BCUT2D eigenvalue weighted by Crippen LogP contribution is 2.16. The van der Waals surface area contributed by atoms with E-state index in [2.05, 4.69) is 19.2 Å². The number of amides is 1. The molecule has 0 rings (SSSR count). The molecule has 7 nitrogen and oxygen atoms in total. The molecule has 0 aromatic carbocycles. The fraction of sp³-hybridized carbons (Fsp3) is 0.921. The molecule has 0 saturated heterocycles. The first kappa shape index (κ1) is 45.0. The molecule has 3 unspecified atom stereocenters. The Labute approximate surface area is 284 Å². The van der Waals surface area contributed by atoms with Gasteiger partial charge in [0.15, 0.2) is 0 Å². The van der Waals surface area contributed by atoms with Crippen LogP contribution in [0.2, 0.25) is 0 Å². The third-order valence-corrected chi connectivity index (χ3v) is 9.85. The monoisotopic (exact) mass is 674 g/mol. The van der Waals surface area contributed by atoms with Crippen LogP contribution >= 0.6 is 0 Å². The summed E-state index contributed by atoms with van der Waals surface area (Å²) in [5.41, 5.74) is 0. The molecule has 0 radical (unpaired) electrons. The highest BCUT2D eigenvalue weighted by Gasteiger charge is 2.27. The Balaban J connectivity index is 3.91. The third kappa shape index (κ3) is 31.6. The Bertz CT molecular complexity index is 803. The van der Waals surface area contributed by atoms with Crippen molar-refractivity contribution in [3.63, 3.8) is 0 Å². The minimum atomic E-state index is -4.43. The summed E-state index contributed by atoms with van der Waals surface area (Å²) in [7, 11) is -4.43. The smallest absolute Gasteiger partial charge is 0.267 e. The van der Waals surface area contributed by atoms with Gasteiger partial charge in [-0.2, -0.15) is 8.42 Å². The van der Waals surface area contributed by atoms with Crippen LogP contribution in [0.15, 0.2) is 12.2 Å². The van der Waals surface area contributed by atoms with Gasteiger partial charge in [-0.1, -0.05) is 193 Å². The predicted molar refractivity (Wildman–Crippen MR) is 195 cm³/mol. The maximum absolute atomic E-state index is 12.5. The van der Waals surface area contributed by atoms with Crippen molar-refractivity contribution < 1.29 is 28.0 Å². The van der Waals surface area contributed by atoms with E-state index in [-0.39, 0.29) is 6.42 Å². The number of carbonyl (C=O) groups is 1. The first-order valence-electron chi connectivity index (χ1n) is 19.5. The average Bonchev–Trinajstić information content (AvgIpc) is 3.01. The number of hydrogen-bond acceptors (Lipinski definition) is 5. The van der Waals surface area contributed by atoms with Crippen LogP contribution in [0.5, 0.6) is 0 Å². The van der Waals surface area contributed by atoms with E-state index in [4.69, 9.17) is 0 Å². The van der Waals surface area contributed by atoms with Gasteiger partial charge in [-0.15, -0.1) is 0 Å². The fourth-order valence-corrected chi connectivity index (χ4v) is 6.78. The summed E-state index contributed by atoms with van der Waals surface area (Å²) >= 11 is 0. The lowest BCUT2D eigenvalue weighted by atomic mass is 10.0. The second-order valence-electron chi connectivity index (χ2n) is 13.7. The molecule has 1 amide bonds. The van der Waals surface area contributed by atoms with Crippen LogP contribution in [0, 0.1) is 0 Å². The standard InChI is InChI=1S/C38H75NO6S/c1-3-5-7-9-11-13-14-15-16-17-18-19-20-21-22-23-25-27-29-31-33-37(41)38(42)39-35(34-46(43,44)45)36(40)32-30-28-26-24-12-10-8-6-4-2/h30,32,35-37,40-41H,3-29,31,33-34H2,1-2H3,(H,39,42)(H,43,44,45)/b32-30+. The third-order valence-electron chi connectivity index (χ3n) is 9.07. The van der Waals surface area contributed by atoms with Crippen LogP contribution in [0.3, 0.4) is 0 Å². The lowest BCUT2D eigenvalue weighted by molar-refractivity contribution is -0.130. The van der Waals surface area contributed by atoms with Crippen molar-refractivity contribution in [3.05, 3.63) is 12.2 Å². The molecule has 0 aromatic rings. The summed E-state index contributed by atoms with van der Waals surface area (Å²) in [6.07, 6.45) is 35.7. The van der Waals surface area contributed by atoms with Gasteiger partial charge in [0.2, 0.25) is 5.91 Å². The van der Waals surface area contributed by atoms with E-state index in [0.29, 0.717) is 6.42 Å². The van der Waals surface area contributed by atoms with Crippen LogP contribution in [-0.2, 0) is 14.9 Å². The first-order valence-corrected chi connectivity index (χ1v) is 21.1. The summed E-state index contributed by atoms with van der Waals surface area (Å²) in [5.74, 6) is -1.53. The Morgan fingerprint density at radius 3 is 1.30 bits per heavy atom. The normalized spacial score (nSPS) is 14.1. The maximum Gasteiger partial charge on any atom is 0.267 e. The number of aliphatic hydroxyl groups excluding tert-OH is 2. The SMILES string of the molecule is CCCCCCCCC/C=C/C(O)C(CS(=O)(=O)O)NC(=O)C(O)CCCCCCCCCCCCCCCCCCCCCC. The van der Waals surface area contributed by atoms with Crippen molar-refractivity contribution in [2.45, 2.75) is 218 Å². The second kappa shape index (κ2) is 32.6. The van der Waals surface area contributed by atoms with E-state index in [9.17, 15) is 28.0 Å². The van der Waals surface area contributed by atoms with Gasteiger partial charge in [0.1, 0.15) is 6.10 Å². The first-order chi connectivity index (χ1) is 22.2. The maximum atomic E-state index is 12.5. The largest absolute Gasteiger partial charge is 0.387 e. The molecule has 3 atom stereocenters. The summed E-state index contributed by atoms with van der Waals surface area (Å²) in [5, 5.41) is 23.3. The Morgan fingerprint density at radius 1 is 0.587 bits per heavy atom. The summed E-state index contributed by atoms with van der Waals surface area (Å²) < 4.78 is 32.3. The molecular formula is C38H75NO6S. The van der Waals surface area contributed by atoms with Gasteiger partial charge < -0.3 is 15.5 Å². The molecule has 0 aliphatic rings. The van der Waals surface area contributed by atoms with Crippen molar-refractivity contribution in [3.8, 4) is 0 Å². The molecule has 274 valence electrons. The Kier molecular flexibility index (Phi) is 31.9. The lowest BCUT2D eigenvalue weighted by Gasteiger charge is -2.22. The number of unbranched alkanes of at least 4 members (excludes halogenated alkanes) is 26. The van der Waals surface area contributed by atoms with E-state index in [1.165, 1.54) is 141 Å². The summed E-state index contributed by atoms with van der Waals surface area (Å²) in [6, 6.07) is -1.22. The van der Waals surface area contributed by atoms with E-state index in [1.807, 2.05) is 0 Å². The molecule has 46 heavy (non-hydrogen) atoms. The molecule has 8 heteroatoms. The Morgan fingerprint density at radius 2 is 0.935 bits per heavy atom. The van der Waals surface area contributed by atoms with Gasteiger partial charge in [-0.05, 0) is 19.3 Å². The lowest BCUT2D eigenvalue weighted by Crippen LogP contribution is -2.50. The van der Waals surface area contributed by atoms with Crippen LogP contribution in [0.1, 0.15) is 200 Å². The quantitative estimate of drug-likeness (QED) is 0.0302. The van der Waals surface area contributed by atoms with Crippen molar-refractivity contribution in [2.24, 2.45) is 0 Å². The molecule has 0 saturated carbocycles. The predicted octanol–water partition coefficient (Wildman–Crippen LogP) is 9.99. The minimum absolute atomic E-state index is 0.285. The van der Waals surface area contributed by atoms with Crippen LogP contribution in [0.25, 0.3) is 0 Å². The molecule has 0 spiro atoms. The number of carbonyl (C=O) groups excluding carboxylic acids is 1. The van der Waals surface area contributed by atoms with Gasteiger partial charge in [0.05, 0.1) is 17.9 Å². The zero-order chi connectivity index (χ0) is 34.1. The van der Waals surface area contributed by atoms with Gasteiger partial charge >= 0.3 is 0 Å². The molecular weight excluding hydrogens is 598 g/mol.